The molecule has 2 rings (SSSR count). The molecular formula is C18H19NO4S. The third-order valence-electron chi connectivity index (χ3n) is 3.61. The highest BCUT2D eigenvalue weighted by Crippen LogP contribution is 2.22. The highest BCUT2D eigenvalue weighted by atomic mass is 32.1. The van der Waals surface area contributed by atoms with E-state index in [4.69, 9.17) is 0 Å². The van der Waals surface area contributed by atoms with Crippen molar-refractivity contribution in [3.05, 3.63) is 57.3 Å². The SMILES string of the molecule is Cc1cc(C(=O)CCC(=O)N[C@@H](C(=O)O)c2ccccc2)c(C)s1. The smallest absolute Gasteiger partial charge is 0.330 e. The van der Waals surface area contributed by atoms with Crippen LogP contribution in [-0.4, -0.2) is 22.8 Å². The molecule has 0 aliphatic heterocycles. The molecule has 0 saturated carbocycles. The van der Waals surface area contributed by atoms with Crippen molar-refractivity contribution in [2.45, 2.75) is 32.7 Å². The molecule has 0 unspecified atom stereocenters. The van der Waals surface area contributed by atoms with Gasteiger partial charge in [0.05, 0.1) is 0 Å². The standard InChI is InChI=1S/C18H19NO4S/c1-11-10-14(12(2)24-11)15(20)8-9-16(21)19-17(18(22)23)13-6-4-3-5-7-13/h3-7,10,17H,8-9H2,1-2H3,(H,19,21)(H,22,23)/t17-/m1/s1. The lowest BCUT2D eigenvalue weighted by atomic mass is 10.1. The second-order valence-electron chi connectivity index (χ2n) is 5.50. The summed E-state index contributed by atoms with van der Waals surface area (Å²) in [6.45, 7) is 3.80. The Labute approximate surface area is 144 Å². The van der Waals surface area contributed by atoms with Gasteiger partial charge in [0.1, 0.15) is 0 Å². The van der Waals surface area contributed by atoms with Gasteiger partial charge in [-0.25, -0.2) is 4.79 Å². The maximum absolute atomic E-state index is 12.2. The molecule has 1 aromatic carbocycles. The summed E-state index contributed by atoms with van der Waals surface area (Å²) in [6, 6.07) is 9.19. The molecule has 1 atom stereocenters. The summed E-state index contributed by atoms with van der Waals surface area (Å²) in [5, 5.41) is 11.8. The Bertz CT molecular complexity index is 752. The lowest BCUT2D eigenvalue weighted by Gasteiger charge is -2.14. The van der Waals surface area contributed by atoms with E-state index in [0.717, 1.165) is 9.75 Å². The Morgan fingerprint density at radius 1 is 1.12 bits per heavy atom. The Balaban J connectivity index is 1.95. The van der Waals surface area contributed by atoms with Crippen LogP contribution in [0.5, 0.6) is 0 Å². The molecule has 0 bridgehead atoms. The zero-order chi connectivity index (χ0) is 17.7. The van der Waals surface area contributed by atoms with Gasteiger partial charge in [-0.3, -0.25) is 9.59 Å². The molecule has 1 heterocycles. The molecule has 6 heteroatoms. The zero-order valence-corrected chi connectivity index (χ0v) is 14.4. The van der Waals surface area contributed by atoms with Crippen LogP contribution < -0.4 is 5.32 Å². The summed E-state index contributed by atoms with van der Waals surface area (Å²) in [5.41, 5.74) is 1.14. The van der Waals surface area contributed by atoms with Crippen molar-refractivity contribution in [2.75, 3.05) is 0 Å². The van der Waals surface area contributed by atoms with Crippen molar-refractivity contribution in [3.63, 3.8) is 0 Å². The highest BCUT2D eigenvalue weighted by molar-refractivity contribution is 7.12. The van der Waals surface area contributed by atoms with Crippen molar-refractivity contribution < 1.29 is 19.5 Å². The van der Waals surface area contributed by atoms with Crippen LogP contribution in [0, 0.1) is 13.8 Å². The van der Waals surface area contributed by atoms with E-state index in [1.54, 1.807) is 41.7 Å². The van der Waals surface area contributed by atoms with Gasteiger partial charge in [-0.05, 0) is 25.5 Å². The average molecular weight is 345 g/mol. The first-order valence-corrected chi connectivity index (χ1v) is 8.37. The molecule has 0 aliphatic rings. The molecule has 24 heavy (non-hydrogen) atoms. The number of rotatable bonds is 7. The Morgan fingerprint density at radius 3 is 2.33 bits per heavy atom. The first-order chi connectivity index (χ1) is 11.4. The van der Waals surface area contributed by atoms with Crippen LogP contribution in [0.4, 0.5) is 0 Å². The Hall–Kier alpha value is -2.47. The normalized spacial score (nSPS) is 11.8. The van der Waals surface area contributed by atoms with E-state index >= 15 is 0 Å². The molecular weight excluding hydrogens is 326 g/mol. The molecule has 1 amide bonds. The van der Waals surface area contributed by atoms with Crippen molar-refractivity contribution in [1.82, 2.24) is 5.32 Å². The molecule has 0 aliphatic carbocycles. The number of ketones is 1. The lowest BCUT2D eigenvalue weighted by molar-refractivity contribution is -0.142. The molecule has 0 saturated heterocycles. The predicted octanol–water partition coefficient (Wildman–Crippen LogP) is 3.27. The molecule has 0 fully saturated rings. The van der Waals surface area contributed by atoms with Gasteiger partial charge in [-0.2, -0.15) is 0 Å². The quantitative estimate of drug-likeness (QED) is 0.755. The first-order valence-electron chi connectivity index (χ1n) is 7.56. The average Bonchev–Trinajstić information content (AvgIpc) is 2.89. The number of carbonyl (C=O) groups excluding carboxylic acids is 2. The minimum Gasteiger partial charge on any atom is -0.479 e. The second kappa shape index (κ2) is 7.88. The fraction of sp³-hybridized carbons (Fsp3) is 0.278. The minimum absolute atomic E-state index is 0.0379. The fourth-order valence-corrected chi connectivity index (χ4v) is 3.38. The zero-order valence-electron chi connectivity index (χ0n) is 13.5. The number of Topliss-reactive ketones (excluding diaryl/α,β-unsaturated/α-hetero) is 1. The van der Waals surface area contributed by atoms with E-state index in [1.807, 2.05) is 19.9 Å². The maximum Gasteiger partial charge on any atom is 0.330 e. The summed E-state index contributed by atoms with van der Waals surface area (Å²) in [6.07, 6.45) is 0.0216. The number of nitrogens with one attached hydrogen (secondary N) is 1. The first kappa shape index (κ1) is 17.9. The molecule has 2 aromatic rings. The summed E-state index contributed by atoms with van der Waals surface area (Å²) in [4.78, 5) is 37.6. The topological polar surface area (TPSA) is 83.5 Å². The van der Waals surface area contributed by atoms with Crippen LogP contribution >= 0.6 is 11.3 Å². The van der Waals surface area contributed by atoms with Gasteiger partial charge in [-0.1, -0.05) is 30.3 Å². The van der Waals surface area contributed by atoms with E-state index in [2.05, 4.69) is 5.32 Å². The van der Waals surface area contributed by atoms with E-state index in [-0.39, 0.29) is 18.6 Å². The van der Waals surface area contributed by atoms with E-state index < -0.39 is 17.9 Å². The van der Waals surface area contributed by atoms with Gasteiger partial charge < -0.3 is 10.4 Å². The van der Waals surface area contributed by atoms with Crippen LogP contribution in [0.15, 0.2) is 36.4 Å². The van der Waals surface area contributed by atoms with Crippen LogP contribution in [0.2, 0.25) is 0 Å². The van der Waals surface area contributed by atoms with E-state index in [0.29, 0.717) is 11.1 Å². The number of thiophene rings is 1. The monoisotopic (exact) mass is 345 g/mol. The molecule has 5 nitrogen and oxygen atoms in total. The van der Waals surface area contributed by atoms with Crippen molar-refractivity contribution in [2.24, 2.45) is 0 Å². The summed E-state index contributed by atoms with van der Waals surface area (Å²) < 4.78 is 0. The van der Waals surface area contributed by atoms with Crippen LogP contribution in [0.25, 0.3) is 0 Å². The molecule has 2 N–H and O–H groups in total. The number of aliphatic carboxylic acids is 1. The van der Waals surface area contributed by atoms with Gasteiger partial charge >= 0.3 is 5.97 Å². The Kier molecular flexibility index (Phi) is 5.87. The van der Waals surface area contributed by atoms with Gasteiger partial charge in [0, 0.05) is 28.2 Å². The van der Waals surface area contributed by atoms with Crippen molar-refractivity contribution in [3.8, 4) is 0 Å². The summed E-state index contributed by atoms with van der Waals surface area (Å²) >= 11 is 1.54. The number of benzene rings is 1. The van der Waals surface area contributed by atoms with E-state index in [9.17, 15) is 19.5 Å². The molecule has 0 radical (unpaired) electrons. The van der Waals surface area contributed by atoms with Gasteiger partial charge in [0.25, 0.3) is 0 Å². The summed E-state index contributed by atoms with van der Waals surface area (Å²) in [7, 11) is 0. The number of hydrogen-bond donors (Lipinski definition) is 2. The number of carbonyl (C=O) groups is 3. The highest BCUT2D eigenvalue weighted by Gasteiger charge is 2.22. The van der Waals surface area contributed by atoms with Gasteiger partial charge in [0.15, 0.2) is 11.8 Å². The number of aryl methyl sites for hydroxylation is 2. The van der Waals surface area contributed by atoms with Gasteiger partial charge in [-0.15, -0.1) is 11.3 Å². The lowest BCUT2D eigenvalue weighted by Crippen LogP contribution is -2.33. The largest absolute Gasteiger partial charge is 0.479 e. The minimum atomic E-state index is -1.13. The van der Waals surface area contributed by atoms with Crippen molar-refractivity contribution in [1.29, 1.82) is 0 Å². The number of amides is 1. The predicted molar refractivity (Wildman–Crippen MR) is 92.3 cm³/mol. The molecule has 0 spiro atoms. The van der Waals surface area contributed by atoms with E-state index in [1.165, 1.54) is 0 Å². The van der Waals surface area contributed by atoms with Crippen LogP contribution in [0.3, 0.4) is 0 Å². The van der Waals surface area contributed by atoms with Crippen LogP contribution in [0.1, 0.15) is 44.6 Å². The number of carboxylic acids is 1. The van der Waals surface area contributed by atoms with Crippen LogP contribution in [-0.2, 0) is 9.59 Å². The molecule has 1 aromatic heterocycles. The van der Waals surface area contributed by atoms with Crippen molar-refractivity contribution >= 4 is 29.0 Å². The van der Waals surface area contributed by atoms with Gasteiger partial charge in [0.2, 0.25) is 5.91 Å². The third kappa shape index (κ3) is 4.52. The molecule has 126 valence electrons. The Morgan fingerprint density at radius 2 is 1.79 bits per heavy atom. The summed E-state index contributed by atoms with van der Waals surface area (Å²) in [5.74, 6) is -1.69. The fourth-order valence-electron chi connectivity index (χ4n) is 2.44. The number of hydrogen-bond acceptors (Lipinski definition) is 4. The third-order valence-corrected chi connectivity index (χ3v) is 4.57. The second-order valence-corrected chi connectivity index (χ2v) is 6.96. The maximum atomic E-state index is 12.2. The number of carboxylic acid groups (broad SMARTS) is 1.